The first kappa shape index (κ1) is 28.2. The van der Waals surface area contributed by atoms with Crippen molar-refractivity contribution in [3.8, 4) is 17.2 Å². The van der Waals surface area contributed by atoms with Crippen LogP contribution in [0.15, 0.2) is 71.9 Å². The zero-order chi connectivity index (χ0) is 29.1. The summed E-state index contributed by atoms with van der Waals surface area (Å²) in [5, 5.41) is 21.1. The maximum Gasteiger partial charge on any atom is 0.270 e. The van der Waals surface area contributed by atoms with Gasteiger partial charge in [0.1, 0.15) is 5.69 Å². The molecule has 1 aliphatic rings. The van der Waals surface area contributed by atoms with Gasteiger partial charge in [-0.2, -0.15) is 9.90 Å². The summed E-state index contributed by atoms with van der Waals surface area (Å²) >= 11 is 12.6. The van der Waals surface area contributed by atoms with E-state index in [0.29, 0.717) is 41.0 Å². The lowest BCUT2D eigenvalue weighted by Crippen LogP contribution is -2.56. The second-order valence-electron chi connectivity index (χ2n) is 9.68. The van der Waals surface area contributed by atoms with E-state index >= 15 is 0 Å². The van der Waals surface area contributed by atoms with E-state index in [9.17, 15) is 9.59 Å². The molecule has 3 heterocycles. The standard InChI is InChI=1S/C28H27Cl2N9O2/c1-3-28(12-10-19(29)15-21(28)24(31)40)33-27(41)23-16-20(35-39(23)26-22(30)5-4-13-32-26)11-14-38-36-25(34-37-38)18-8-6-17(2)7-9-18/h4-10,12-13,15-16,21H,3,11,14H2,1-2H3,(H2,31,40)(H,33,41). The number of allylic oxidation sites excluding steroid dienone is 2. The zero-order valence-corrected chi connectivity index (χ0v) is 23.8. The molecule has 2 amide bonds. The fourth-order valence-corrected chi connectivity index (χ4v) is 5.02. The van der Waals surface area contributed by atoms with Crippen LogP contribution in [0.4, 0.5) is 0 Å². The molecular weight excluding hydrogens is 565 g/mol. The Hall–Kier alpha value is -4.35. The lowest BCUT2D eigenvalue weighted by molar-refractivity contribution is -0.122. The number of aromatic nitrogens is 7. The molecule has 0 bridgehead atoms. The van der Waals surface area contributed by atoms with Gasteiger partial charge in [-0.15, -0.1) is 10.2 Å². The van der Waals surface area contributed by atoms with Crippen molar-refractivity contribution in [2.75, 3.05) is 0 Å². The van der Waals surface area contributed by atoms with Gasteiger partial charge in [-0.3, -0.25) is 9.59 Å². The van der Waals surface area contributed by atoms with Crippen molar-refractivity contribution in [3.05, 3.63) is 93.9 Å². The van der Waals surface area contributed by atoms with Gasteiger partial charge in [0.2, 0.25) is 11.7 Å². The van der Waals surface area contributed by atoms with Crippen LogP contribution in [0.2, 0.25) is 5.02 Å². The third kappa shape index (κ3) is 5.91. The Morgan fingerprint density at radius 2 is 1.93 bits per heavy atom. The molecule has 11 nitrogen and oxygen atoms in total. The van der Waals surface area contributed by atoms with Gasteiger partial charge < -0.3 is 11.1 Å². The van der Waals surface area contributed by atoms with Gasteiger partial charge in [0.05, 0.1) is 28.7 Å². The summed E-state index contributed by atoms with van der Waals surface area (Å²) in [6.45, 7) is 4.22. The molecule has 210 valence electrons. The summed E-state index contributed by atoms with van der Waals surface area (Å²) in [6.07, 6.45) is 7.21. The van der Waals surface area contributed by atoms with Gasteiger partial charge in [0.25, 0.3) is 5.91 Å². The van der Waals surface area contributed by atoms with Gasteiger partial charge in [-0.1, -0.05) is 72.1 Å². The van der Waals surface area contributed by atoms with Crippen LogP contribution in [0.3, 0.4) is 0 Å². The Bertz CT molecular complexity index is 1660. The molecule has 13 heteroatoms. The third-order valence-corrected chi connectivity index (χ3v) is 7.47. The second kappa shape index (κ2) is 11.6. The number of rotatable bonds is 9. The van der Waals surface area contributed by atoms with Crippen LogP contribution < -0.4 is 11.1 Å². The summed E-state index contributed by atoms with van der Waals surface area (Å²) in [5.74, 6) is -1.15. The van der Waals surface area contributed by atoms with Gasteiger partial charge in [-0.25, -0.2) is 9.67 Å². The predicted molar refractivity (Wildman–Crippen MR) is 154 cm³/mol. The number of nitrogens with one attached hydrogen (secondary N) is 1. The highest BCUT2D eigenvalue weighted by molar-refractivity contribution is 6.32. The Morgan fingerprint density at radius 1 is 1.15 bits per heavy atom. The number of pyridine rings is 1. The van der Waals surface area contributed by atoms with Crippen LogP contribution >= 0.6 is 23.2 Å². The van der Waals surface area contributed by atoms with Crippen LogP contribution in [0.25, 0.3) is 17.2 Å². The molecule has 5 rings (SSSR count). The molecule has 2 atom stereocenters. The average Bonchev–Trinajstić information content (AvgIpc) is 3.61. The molecule has 0 fully saturated rings. The summed E-state index contributed by atoms with van der Waals surface area (Å²) in [7, 11) is 0. The summed E-state index contributed by atoms with van der Waals surface area (Å²) < 4.78 is 1.39. The number of tetrazole rings is 1. The van der Waals surface area contributed by atoms with Crippen molar-refractivity contribution in [1.29, 1.82) is 0 Å². The number of hydrogen-bond acceptors (Lipinski definition) is 7. The van der Waals surface area contributed by atoms with E-state index in [1.54, 1.807) is 42.6 Å². The minimum atomic E-state index is -1.08. The first-order chi connectivity index (χ1) is 19.7. The Balaban J connectivity index is 1.43. The number of halogens is 2. The normalized spacial score (nSPS) is 18.2. The van der Waals surface area contributed by atoms with Crippen LogP contribution in [-0.2, 0) is 17.8 Å². The lowest BCUT2D eigenvalue weighted by atomic mass is 9.77. The molecule has 41 heavy (non-hydrogen) atoms. The fourth-order valence-electron chi connectivity index (χ4n) is 4.63. The second-order valence-corrected chi connectivity index (χ2v) is 10.5. The fraction of sp³-hybridized carbons (Fsp3) is 0.250. The maximum atomic E-state index is 13.8. The highest BCUT2D eigenvalue weighted by Crippen LogP contribution is 2.32. The Labute approximate surface area is 246 Å². The van der Waals surface area contributed by atoms with Crippen molar-refractivity contribution in [2.24, 2.45) is 11.7 Å². The van der Waals surface area contributed by atoms with Crippen molar-refractivity contribution >= 4 is 35.0 Å². The number of benzene rings is 1. The molecule has 0 radical (unpaired) electrons. The highest BCUT2D eigenvalue weighted by atomic mass is 35.5. The van der Waals surface area contributed by atoms with Crippen molar-refractivity contribution < 1.29 is 9.59 Å². The molecule has 0 saturated carbocycles. The molecular formula is C28H27Cl2N9O2. The van der Waals surface area contributed by atoms with Crippen molar-refractivity contribution in [2.45, 2.75) is 38.8 Å². The monoisotopic (exact) mass is 591 g/mol. The molecule has 1 aromatic carbocycles. The first-order valence-electron chi connectivity index (χ1n) is 12.9. The number of aryl methyl sites for hydroxylation is 3. The molecule has 0 aliphatic heterocycles. The first-order valence-corrected chi connectivity index (χ1v) is 13.7. The molecule has 2 unspecified atom stereocenters. The number of amides is 2. The van der Waals surface area contributed by atoms with Gasteiger partial charge in [0, 0.05) is 23.2 Å². The van der Waals surface area contributed by atoms with E-state index in [1.165, 1.54) is 9.48 Å². The number of carbonyl (C=O) groups excluding carboxylic acids is 2. The zero-order valence-electron chi connectivity index (χ0n) is 22.3. The minimum absolute atomic E-state index is 0.178. The quantitative estimate of drug-likeness (QED) is 0.301. The van der Waals surface area contributed by atoms with E-state index in [0.717, 1.165) is 11.1 Å². The predicted octanol–water partition coefficient (Wildman–Crippen LogP) is 3.80. The maximum absolute atomic E-state index is 13.8. The average molecular weight is 592 g/mol. The highest BCUT2D eigenvalue weighted by Gasteiger charge is 2.41. The van der Waals surface area contributed by atoms with E-state index in [1.807, 2.05) is 38.1 Å². The van der Waals surface area contributed by atoms with E-state index < -0.39 is 23.3 Å². The van der Waals surface area contributed by atoms with Gasteiger partial charge >= 0.3 is 0 Å². The Morgan fingerprint density at radius 3 is 2.63 bits per heavy atom. The van der Waals surface area contributed by atoms with E-state index in [2.05, 4.69) is 30.8 Å². The number of carbonyl (C=O) groups is 2. The molecule has 0 saturated heterocycles. The van der Waals surface area contributed by atoms with Gasteiger partial charge in [0.15, 0.2) is 5.82 Å². The Kier molecular flexibility index (Phi) is 8.00. The smallest absolute Gasteiger partial charge is 0.270 e. The van der Waals surface area contributed by atoms with E-state index in [4.69, 9.17) is 28.9 Å². The molecule has 1 aliphatic carbocycles. The van der Waals surface area contributed by atoms with Crippen LogP contribution in [0, 0.1) is 12.8 Å². The lowest BCUT2D eigenvalue weighted by Gasteiger charge is -2.37. The molecule has 3 N–H and O–H groups in total. The topological polar surface area (TPSA) is 146 Å². The molecule has 0 spiro atoms. The molecule has 4 aromatic rings. The van der Waals surface area contributed by atoms with Crippen LogP contribution in [-0.4, -0.2) is 52.3 Å². The number of nitrogens with two attached hydrogens (primary N) is 1. The largest absolute Gasteiger partial charge is 0.369 e. The van der Waals surface area contributed by atoms with Gasteiger partial charge in [-0.05, 0) is 42.8 Å². The van der Waals surface area contributed by atoms with Crippen LogP contribution in [0.5, 0.6) is 0 Å². The van der Waals surface area contributed by atoms with Crippen LogP contribution in [0.1, 0.15) is 35.1 Å². The number of nitrogens with zero attached hydrogens (tertiary/aromatic N) is 7. The number of primary amides is 1. The minimum Gasteiger partial charge on any atom is -0.369 e. The van der Waals surface area contributed by atoms with E-state index in [-0.39, 0.29) is 11.5 Å². The summed E-state index contributed by atoms with van der Waals surface area (Å²) in [4.78, 5) is 31.9. The number of hydrogen-bond donors (Lipinski definition) is 2. The summed E-state index contributed by atoms with van der Waals surface area (Å²) in [6, 6.07) is 12.8. The van der Waals surface area contributed by atoms with Crippen molar-refractivity contribution in [1.82, 2.24) is 40.3 Å². The van der Waals surface area contributed by atoms with Crippen molar-refractivity contribution in [3.63, 3.8) is 0 Å². The molecule has 3 aromatic heterocycles. The summed E-state index contributed by atoms with van der Waals surface area (Å²) in [5.41, 5.74) is 7.36. The SMILES string of the molecule is CCC1(NC(=O)c2cc(CCn3nnc(-c4ccc(C)cc4)n3)nn2-c2ncccc2Cl)C=CC(Cl)=CC1C(N)=O. The third-order valence-electron chi connectivity index (χ3n) is 6.92.